The Morgan fingerprint density at radius 1 is 1.42 bits per heavy atom. The maximum Gasteiger partial charge on any atom is 0.303 e. The second-order valence-corrected chi connectivity index (χ2v) is 4.85. The lowest BCUT2D eigenvalue weighted by Gasteiger charge is -2.18. The lowest BCUT2D eigenvalue weighted by molar-refractivity contribution is -0.137. The molecule has 5 heteroatoms. The summed E-state index contributed by atoms with van der Waals surface area (Å²) in [6.45, 7) is 4.05. The van der Waals surface area contributed by atoms with E-state index < -0.39 is 12.0 Å². The van der Waals surface area contributed by atoms with Gasteiger partial charge in [-0.1, -0.05) is 19.9 Å². The molecule has 0 spiro atoms. The number of aliphatic carboxylic acids is 1. The molecule has 5 nitrogen and oxygen atoms in total. The molecule has 19 heavy (non-hydrogen) atoms. The molecule has 1 atom stereocenters. The van der Waals surface area contributed by atoms with Gasteiger partial charge >= 0.3 is 5.97 Å². The fourth-order valence-electron chi connectivity index (χ4n) is 1.86. The fourth-order valence-corrected chi connectivity index (χ4v) is 1.86. The minimum atomic E-state index is -0.901. The molecular formula is C14H21NO4. The summed E-state index contributed by atoms with van der Waals surface area (Å²) < 4.78 is 5.13. The lowest BCUT2D eigenvalue weighted by atomic mass is 9.94. The molecule has 1 aromatic rings. The number of nitrogens with two attached hydrogens (primary N) is 1. The molecule has 0 bridgehead atoms. The third-order valence-corrected chi connectivity index (χ3v) is 3.08. The van der Waals surface area contributed by atoms with Crippen molar-refractivity contribution in [3.63, 3.8) is 0 Å². The molecule has 1 rings (SSSR count). The fraction of sp³-hybridized carbons (Fsp3) is 0.500. The Morgan fingerprint density at radius 2 is 2.05 bits per heavy atom. The monoisotopic (exact) mass is 267 g/mol. The first-order chi connectivity index (χ1) is 8.86. The molecule has 4 N–H and O–H groups in total. The first-order valence-corrected chi connectivity index (χ1v) is 6.25. The maximum absolute atomic E-state index is 10.6. The second-order valence-electron chi connectivity index (χ2n) is 4.85. The Labute approximate surface area is 113 Å². The molecule has 0 amide bonds. The second kappa shape index (κ2) is 6.43. The number of methoxy groups -OCH3 is 1. The minimum Gasteiger partial charge on any atom is -0.504 e. The molecule has 0 saturated carbocycles. The van der Waals surface area contributed by atoms with Crippen LogP contribution in [0.15, 0.2) is 12.1 Å². The normalized spacial score (nSPS) is 12.5. The number of phenolic OH excluding ortho intramolecular Hbond substituents is 1. The van der Waals surface area contributed by atoms with E-state index in [1.165, 1.54) is 7.11 Å². The van der Waals surface area contributed by atoms with Crippen LogP contribution in [0, 0.1) is 0 Å². The van der Waals surface area contributed by atoms with Crippen LogP contribution in [-0.2, 0) is 4.79 Å². The highest BCUT2D eigenvalue weighted by atomic mass is 16.5. The third kappa shape index (κ3) is 3.86. The summed E-state index contributed by atoms with van der Waals surface area (Å²) in [4.78, 5) is 10.6. The number of hydrogen-bond donors (Lipinski definition) is 3. The van der Waals surface area contributed by atoms with Crippen LogP contribution in [0.3, 0.4) is 0 Å². The Kier molecular flexibility index (Phi) is 5.18. The van der Waals surface area contributed by atoms with Crippen LogP contribution in [0.5, 0.6) is 11.5 Å². The van der Waals surface area contributed by atoms with Crippen molar-refractivity contribution < 1.29 is 19.7 Å². The van der Waals surface area contributed by atoms with Crippen molar-refractivity contribution in [3.05, 3.63) is 23.3 Å². The zero-order valence-corrected chi connectivity index (χ0v) is 11.5. The van der Waals surface area contributed by atoms with Crippen molar-refractivity contribution in [2.45, 2.75) is 38.6 Å². The van der Waals surface area contributed by atoms with Crippen molar-refractivity contribution >= 4 is 5.97 Å². The first kappa shape index (κ1) is 15.3. The predicted octanol–water partition coefficient (Wildman–Crippen LogP) is 2.39. The minimum absolute atomic E-state index is 0.00945. The lowest BCUT2D eigenvalue weighted by Crippen LogP contribution is -2.13. The van der Waals surface area contributed by atoms with E-state index in [9.17, 15) is 9.90 Å². The van der Waals surface area contributed by atoms with Crippen LogP contribution in [-0.4, -0.2) is 23.3 Å². The van der Waals surface area contributed by atoms with Gasteiger partial charge in [-0.05, 0) is 24.0 Å². The predicted molar refractivity (Wildman–Crippen MR) is 72.5 cm³/mol. The molecule has 0 aliphatic carbocycles. The van der Waals surface area contributed by atoms with E-state index in [2.05, 4.69) is 0 Å². The summed E-state index contributed by atoms with van der Waals surface area (Å²) in [5, 5.41) is 18.8. The van der Waals surface area contributed by atoms with Crippen molar-refractivity contribution in [1.29, 1.82) is 0 Å². The van der Waals surface area contributed by atoms with E-state index in [-0.39, 0.29) is 24.5 Å². The zero-order chi connectivity index (χ0) is 14.6. The summed E-state index contributed by atoms with van der Waals surface area (Å²) >= 11 is 0. The molecule has 0 radical (unpaired) electrons. The molecule has 0 heterocycles. The van der Waals surface area contributed by atoms with Gasteiger partial charge < -0.3 is 20.7 Å². The Hall–Kier alpha value is -1.75. The van der Waals surface area contributed by atoms with Gasteiger partial charge in [0.05, 0.1) is 7.11 Å². The van der Waals surface area contributed by atoms with Gasteiger partial charge in [0.2, 0.25) is 0 Å². The number of phenols is 1. The van der Waals surface area contributed by atoms with Gasteiger partial charge in [-0.25, -0.2) is 0 Å². The third-order valence-electron chi connectivity index (χ3n) is 3.08. The number of carboxylic acid groups (broad SMARTS) is 1. The van der Waals surface area contributed by atoms with Gasteiger partial charge in [0.25, 0.3) is 0 Å². The van der Waals surface area contributed by atoms with Crippen molar-refractivity contribution in [3.8, 4) is 11.5 Å². The van der Waals surface area contributed by atoms with Crippen LogP contribution < -0.4 is 10.5 Å². The van der Waals surface area contributed by atoms with E-state index in [4.69, 9.17) is 15.6 Å². The average Bonchev–Trinajstić information content (AvgIpc) is 2.35. The smallest absolute Gasteiger partial charge is 0.303 e. The van der Waals surface area contributed by atoms with E-state index in [1.54, 1.807) is 6.07 Å². The highest BCUT2D eigenvalue weighted by molar-refractivity contribution is 5.66. The molecule has 0 saturated heterocycles. The van der Waals surface area contributed by atoms with Crippen LogP contribution in [0.1, 0.15) is 49.8 Å². The Bertz CT molecular complexity index is 457. The number of carbonyl (C=O) groups is 1. The van der Waals surface area contributed by atoms with Gasteiger partial charge in [0.1, 0.15) is 0 Å². The topological polar surface area (TPSA) is 92.8 Å². The van der Waals surface area contributed by atoms with Crippen LogP contribution in [0.4, 0.5) is 0 Å². The molecule has 0 aromatic heterocycles. The number of aromatic hydroxyl groups is 1. The number of hydrogen-bond acceptors (Lipinski definition) is 4. The van der Waals surface area contributed by atoms with E-state index in [1.807, 2.05) is 19.9 Å². The van der Waals surface area contributed by atoms with E-state index >= 15 is 0 Å². The average molecular weight is 267 g/mol. The number of ether oxygens (including phenoxy) is 1. The molecular weight excluding hydrogens is 246 g/mol. The zero-order valence-electron chi connectivity index (χ0n) is 11.5. The van der Waals surface area contributed by atoms with Crippen molar-refractivity contribution in [2.24, 2.45) is 5.73 Å². The van der Waals surface area contributed by atoms with Crippen LogP contribution >= 0.6 is 0 Å². The largest absolute Gasteiger partial charge is 0.504 e. The standard InChI is InChI=1S/C14H21NO4/c1-8(2)9-6-10(11(15)4-5-13(16)17)14(18)12(7-9)19-3/h6-8,11,18H,4-5,15H2,1-3H3,(H,16,17). The van der Waals surface area contributed by atoms with Crippen LogP contribution in [0.2, 0.25) is 0 Å². The molecule has 106 valence electrons. The van der Waals surface area contributed by atoms with Gasteiger partial charge in [-0.15, -0.1) is 0 Å². The Morgan fingerprint density at radius 3 is 2.53 bits per heavy atom. The number of carboxylic acids is 1. The molecule has 0 aliphatic heterocycles. The molecule has 0 fully saturated rings. The maximum atomic E-state index is 10.6. The quantitative estimate of drug-likeness (QED) is 0.736. The van der Waals surface area contributed by atoms with Gasteiger partial charge in [-0.3, -0.25) is 4.79 Å². The summed E-state index contributed by atoms with van der Waals surface area (Å²) in [6, 6.07) is 3.06. The van der Waals surface area contributed by atoms with Crippen molar-refractivity contribution in [2.75, 3.05) is 7.11 Å². The summed E-state index contributed by atoms with van der Waals surface area (Å²) in [7, 11) is 1.48. The number of benzene rings is 1. The summed E-state index contributed by atoms with van der Waals surface area (Å²) in [5.41, 5.74) is 7.49. The van der Waals surface area contributed by atoms with Gasteiger partial charge in [0, 0.05) is 18.0 Å². The SMILES string of the molecule is COc1cc(C(C)C)cc(C(N)CCC(=O)O)c1O. The van der Waals surface area contributed by atoms with Gasteiger partial charge in [-0.2, -0.15) is 0 Å². The number of rotatable bonds is 6. The van der Waals surface area contributed by atoms with E-state index in [0.29, 0.717) is 11.3 Å². The highest BCUT2D eigenvalue weighted by Crippen LogP contribution is 2.37. The summed E-state index contributed by atoms with van der Waals surface area (Å²) in [6.07, 6.45) is 0.239. The van der Waals surface area contributed by atoms with Crippen LogP contribution in [0.25, 0.3) is 0 Å². The van der Waals surface area contributed by atoms with Gasteiger partial charge in [0.15, 0.2) is 11.5 Å². The van der Waals surface area contributed by atoms with E-state index in [0.717, 1.165) is 5.56 Å². The van der Waals surface area contributed by atoms with Crippen molar-refractivity contribution in [1.82, 2.24) is 0 Å². The summed E-state index contributed by atoms with van der Waals surface area (Å²) in [5.74, 6) is -0.279. The molecule has 0 aliphatic rings. The highest BCUT2D eigenvalue weighted by Gasteiger charge is 2.18. The molecule has 1 aromatic carbocycles. The Balaban J connectivity index is 3.10. The molecule has 1 unspecified atom stereocenters. The first-order valence-electron chi connectivity index (χ1n) is 6.25.